The van der Waals surface area contributed by atoms with E-state index in [0.29, 0.717) is 0 Å². The van der Waals surface area contributed by atoms with Gasteiger partial charge in [-0.25, -0.2) is 0 Å². The summed E-state index contributed by atoms with van der Waals surface area (Å²) in [6.07, 6.45) is 0. The highest BCUT2D eigenvalue weighted by Crippen LogP contribution is 2.32. The lowest BCUT2D eigenvalue weighted by molar-refractivity contribution is -0.384. The van der Waals surface area contributed by atoms with E-state index in [9.17, 15) is 14.9 Å². The Labute approximate surface area is 195 Å². The number of carbonyl (C=O) groups is 1. The number of anilines is 1. The number of rotatable bonds is 9. The van der Waals surface area contributed by atoms with E-state index in [1.54, 1.807) is 12.1 Å². The van der Waals surface area contributed by atoms with Gasteiger partial charge in [0.25, 0.3) is 5.69 Å². The molecule has 3 aromatic carbocycles. The largest absolute Gasteiger partial charge is 0.324 e. The van der Waals surface area contributed by atoms with Crippen molar-refractivity contribution < 1.29 is 9.72 Å². The molecule has 3 aromatic rings. The van der Waals surface area contributed by atoms with Crippen molar-refractivity contribution in [1.29, 1.82) is 0 Å². The normalized spacial score (nSPS) is 12.1. The Balaban J connectivity index is 1.82. The summed E-state index contributed by atoms with van der Waals surface area (Å²) in [6.45, 7) is 8.57. The van der Waals surface area contributed by atoms with Gasteiger partial charge in [-0.15, -0.1) is 0 Å². The van der Waals surface area contributed by atoms with Crippen LogP contribution in [0.3, 0.4) is 0 Å². The number of nitro groups is 1. The second-order valence-corrected chi connectivity index (χ2v) is 8.74. The standard InChI is InChI=1S/C27H31N3O3/c1-18(2)23-11-8-12-24(19(3)4)27(23)29-25(31)17-28-26(20-9-6-5-7-10-20)21-13-15-22(16-14-21)30(32)33/h5-16,18-19,26,28H,17H2,1-4H3,(H,29,31). The van der Waals surface area contributed by atoms with Crippen LogP contribution in [0.1, 0.15) is 67.8 Å². The van der Waals surface area contributed by atoms with Gasteiger partial charge in [0.05, 0.1) is 17.5 Å². The van der Waals surface area contributed by atoms with Crippen LogP contribution in [-0.4, -0.2) is 17.4 Å². The molecule has 0 heterocycles. The third kappa shape index (κ3) is 6.05. The summed E-state index contributed by atoms with van der Waals surface area (Å²) in [5.74, 6) is 0.432. The van der Waals surface area contributed by atoms with Gasteiger partial charge in [0.15, 0.2) is 0 Å². The third-order valence-corrected chi connectivity index (χ3v) is 5.67. The molecule has 6 heteroatoms. The molecule has 172 valence electrons. The van der Waals surface area contributed by atoms with Gasteiger partial charge >= 0.3 is 0 Å². The number of hydrogen-bond acceptors (Lipinski definition) is 4. The van der Waals surface area contributed by atoms with Crippen LogP contribution in [-0.2, 0) is 4.79 Å². The number of nitro benzene ring substituents is 1. The molecule has 0 spiro atoms. The van der Waals surface area contributed by atoms with E-state index in [4.69, 9.17) is 0 Å². The van der Waals surface area contributed by atoms with Crippen LogP contribution < -0.4 is 10.6 Å². The SMILES string of the molecule is CC(C)c1cccc(C(C)C)c1NC(=O)CNC(c1ccccc1)c1ccc([N+](=O)[O-])cc1. The molecule has 0 aliphatic carbocycles. The minimum atomic E-state index is -0.416. The number of benzene rings is 3. The van der Waals surface area contributed by atoms with Gasteiger partial charge in [0.1, 0.15) is 0 Å². The summed E-state index contributed by atoms with van der Waals surface area (Å²) in [7, 11) is 0. The maximum Gasteiger partial charge on any atom is 0.269 e. The molecule has 0 aromatic heterocycles. The van der Waals surface area contributed by atoms with Crippen LogP contribution in [0.15, 0.2) is 72.8 Å². The Morgan fingerprint density at radius 2 is 1.36 bits per heavy atom. The maximum atomic E-state index is 13.0. The summed E-state index contributed by atoms with van der Waals surface area (Å²) in [6, 6.07) is 22.1. The van der Waals surface area contributed by atoms with Gasteiger partial charge in [-0.05, 0) is 34.1 Å². The monoisotopic (exact) mass is 445 g/mol. The molecule has 2 N–H and O–H groups in total. The highest BCUT2D eigenvalue weighted by molar-refractivity contribution is 5.94. The molecule has 0 fully saturated rings. The van der Waals surface area contributed by atoms with Gasteiger partial charge in [-0.3, -0.25) is 20.2 Å². The van der Waals surface area contributed by atoms with Crippen molar-refractivity contribution in [2.75, 3.05) is 11.9 Å². The van der Waals surface area contributed by atoms with E-state index < -0.39 is 4.92 Å². The average Bonchev–Trinajstić information content (AvgIpc) is 2.80. The molecule has 33 heavy (non-hydrogen) atoms. The number of non-ortho nitro benzene ring substituents is 1. The molecule has 0 aliphatic rings. The first-order chi connectivity index (χ1) is 15.8. The second kappa shape index (κ2) is 10.9. The minimum Gasteiger partial charge on any atom is -0.324 e. The highest BCUT2D eigenvalue weighted by Gasteiger charge is 2.19. The van der Waals surface area contributed by atoms with E-state index in [1.165, 1.54) is 12.1 Å². The Morgan fingerprint density at radius 1 is 0.818 bits per heavy atom. The molecule has 0 bridgehead atoms. The number of nitrogens with zero attached hydrogens (tertiary/aromatic N) is 1. The van der Waals surface area contributed by atoms with Crippen molar-refractivity contribution >= 4 is 17.3 Å². The van der Waals surface area contributed by atoms with Gasteiger partial charge in [0, 0.05) is 17.8 Å². The highest BCUT2D eigenvalue weighted by atomic mass is 16.6. The molecule has 1 atom stereocenters. The van der Waals surface area contributed by atoms with E-state index in [1.807, 2.05) is 36.4 Å². The number of carbonyl (C=O) groups excluding carboxylic acids is 1. The zero-order chi connectivity index (χ0) is 24.0. The molecular formula is C27H31N3O3. The van der Waals surface area contributed by atoms with E-state index in [0.717, 1.165) is 27.9 Å². The fraction of sp³-hybridized carbons (Fsp3) is 0.296. The molecule has 0 radical (unpaired) electrons. The Hall–Kier alpha value is -3.51. The summed E-state index contributed by atoms with van der Waals surface area (Å²) >= 11 is 0. The summed E-state index contributed by atoms with van der Waals surface area (Å²) in [5, 5.41) is 17.5. The molecule has 0 saturated carbocycles. The topological polar surface area (TPSA) is 84.3 Å². The Bertz CT molecular complexity index is 1070. The van der Waals surface area contributed by atoms with Crippen molar-refractivity contribution in [3.63, 3.8) is 0 Å². The maximum absolute atomic E-state index is 13.0. The summed E-state index contributed by atoms with van der Waals surface area (Å²) in [4.78, 5) is 23.6. The molecule has 1 unspecified atom stereocenters. The smallest absolute Gasteiger partial charge is 0.269 e. The zero-order valence-corrected chi connectivity index (χ0v) is 19.5. The van der Waals surface area contributed by atoms with Gasteiger partial charge < -0.3 is 5.32 Å². The molecular weight excluding hydrogens is 414 g/mol. The zero-order valence-electron chi connectivity index (χ0n) is 19.5. The van der Waals surface area contributed by atoms with Gasteiger partial charge in [0.2, 0.25) is 5.91 Å². The lowest BCUT2D eigenvalue weighted by Gasteiger charge is -2.22. The fourth-order valence-electron chi connectivity index (χ4n) is 3.94. The van der Waals surface area contributed by atoms with Crippen molar-refractivity contribution in [3.05, 3.63) is 105 Å². The number of hydrogen-bond donors (Lipinski definition) is 2. The van der Waals surface area contributed by atoms with Crippen LogP contribution in [0.5, 0.6) is 0 Å². The quantitative estimate of drug-likeness (QED) is 0.305. The lowest BCUT2D eigenvalue weighted by atomic mass is 9.92. The predicted molar refractivity (Wildman–Crippen MR) is 133 cm³/mol. The number of nitrogens with one attached hydrogen (secondary N) is 2. The van der Waals surface area contributed by atoms with Crippen LogP contribution in [0.4, 0.5) is 11.4 Å². The van der Waals surface area contributed by atoms with Gasteiger partial charge in [-0.1, -0.05) is 88.4 Å². The molecule has 0 aliphatic heterocycles. The van der Waals surface area contributed by atoms with E-state index in [2.05, 4.69) is 50.5 Å². The van der Waals surface area contributed by atoms with Gasteiger partial charge in [-0.2, -0.15) is 0 Å². The Kier molecular flexibility index (Phi) is 7.96. The van der Waals surface area contributed by atoms with Crippen LogP contribution >= 0.6 is 0 Å². The van der Waals surface area contributed by atoms with Crippen molar-refractivity contribution in [2.24, 2.45) is 0 Å². The first-order valence-electron chi connectivity index (χ1n) is 11.2. The molecule has 3 rings (SSSR count). The Morgan fingerprint density at radius 3 is 1.88 bits per heavy atom. The van der Waals surface area contributed by atoms with E-state index in [-0.39, 0.29) is 36.0 Å². The number of amides is 1. The summed E-state index contributed by atoms with van der Waals surface area (Å²) in [5.41, 5.74) is 4.99. The van der Waals surface area contributed by atoms with Crippen LogP contribution in [0, 0.1) is 10.1 Å². The van der Waals surface area contributed by atoms with Crippen molar-refractivity contribution in [3.8, 4) is 0 Å². The minimum absolute atomic E-state index is 0.0369. The van der Waals surface area contributed by atoms with Crippen molar-refractivity contribution in [1.82, 2.24) is 5.32 Å². The molecule has 6 nitrogen and oxygen atoms in total. The molecule has 0 saturated heterocycles. The first-order valence-corrected chi connectivity index (χ1v) is 11.2. The predicted octanol–water partition coefficient (Wildman–Crippen LogP) is 6.16. The lowest BCUT2D eigenvalue weighted by Crippen LogP contribution is -2.32. The fourth-order valence-corrected chi connectivity index (χ4v) is 3.94. The summed E-state index contributed by atoms with van der Waals surface area (Å²) < 4.78 is 0. The van der Waals surface area contributed by atoms with Crippen LogP contribution in [0.2, 0.25) is 0 Å². The third-order valence-electron chi connectivity index (χ3n) is 5.67. The van der Waals surface area contributed by atoms with Crippen molar-refractivity contribution in [2.45, 2.75) is 45.6 Å². The molecule has 1 amide bonds. The van der Waals surface area contributed by atoms with E-state index >= 15 is 0 Å². The second-order valence-electron chi connectivity index (χ2n) is 8.74. The number of para-hydroxylation sites is 1. The first kappa shape index (κ1) is 24.1. The van der Waals surface area contributed by atoms with Crippen LogP contribution in [0.25, 0.3) is 0 Å². The average molecular weight is 446 g/mol.